The first-order chi connectivity index (χ1) is 10.3. The number of rotatable bonds is 7. The molecule has 0 heterocycles. The van der Waals surface area contributed by atoms with Gasteiger partial charge in [-0.05, 0) is 37.6 Å². The fourth-order valence-corrected chi connectivity index (χ4v) is 2.79. The van der Waals surface area contributed by atoms with Crippen LogP contribution in [-0.4, -0.2) is 32.9 Å². The molecule has 0 unspecified atom stereocenters. The summed E-state index contributed by atoms with van der Waals surface area (Å²) in [4.78, 5) is 22.5. The zero-order valence-corrected chi connectivity index (χ0v) is 13.6. The molecule has 1 aromatic carbocycles. The molecule has 0 aliphatic rings. The molecule has 7 nitrogen and oxygen atoms in total. The number of ether oxygens (including phenoxy) is 1. The zero-order valence-electron chi connectivity index (χ0n) is 12.8. The highest BCUT2D eigenvalue weighted by molar-refractivity contribution is 7.89. The lowest BCUT2D eigenvalue weighted by Gasteiger charge is -2.13. The van der Waals surface area contributed by atoms with Gasteiger partial charge in [-0.25, -0.2) is 8.42 Å². The van der Waals surface area contributed by atoms with Crippen LogP contribution >= 0.6 is 0 Å². The summed E-state index contributed by atoms with van der Waals surface area (Å²) in [6, 6.07) is 4.65. The third-order valence-corrected chi connectivity index (χ3v) is 4.18. The molecule has 1 rings (SSSR count). The van der Waals surface area contributed by atoms with Crippen LogP contribution in [0.1, 0.15) is 27.2 Å². The Balaban J connectivity index is 2.77. The molecule has 0 fully saturated rings. The minimum atomic E-state index is -3.84. The molecule has 0 aromatic heterocycles. The van der Waals surface area contributed by atoms with Crippen LogP contribution in [0.15, 0.2) is 29.2 Å². The normalized spacial score (nSPS) is 12.5. The maximum atomic E-state index is 12.1. The van der Waals surface area contributed by atoms with E-state index in [0.717, 1.165) is 0 Å². The standard InChI is InChI=1S/C14H20N2O5S/c1-4-9-21-14(18)10(2)16-22(19,20)13-7-5-12(6-8-13)15-11(3)17/h5-8,10,16H,4,9H2,1-3H3,(H,15,17)/t10-/m0/s1. The third-order valence-electron chi connectivity index (χ3n) is 2.62. The van der Waals surface area contributed by atoms with Crippen molar-refractivity contribution < 1.29 is 22.7 Å². The quantitative estimate of drug-likeness (QED) is 0.734. The van der Waals surface area contributed by atoms with Crippen molar-refractivity contribution in [3.8, 4) is 0 Å². The molecule has 1 atom stereocenters. The molecule has 0 spiro atoms. The van der Waals surface area contributed by atoms with Crippen LogP contribution in [-0.2, 0) is 24.3 Å². The summed E-state index contributed by atoms with van der Waals surface area (Å²) in [6.07, 6.45) is 0.663. The van der Waals surface area contributed by atoms with E-state index in [2.05, 4.69) is 10.0 Å². The summed E-state index contributed by atoms with van der Waals surface area (Å²) in [5, 5.41) is 2.54. The molecule has 1 aromatic rings. The maximum absolute atomic E-state index is 12.1. The van der Waals surface area contributed by atoms with Gasteiger partial charge in [0.1, 0.15) is 6.04 Å². The zero-order chi connectivity index (χ0) is 16.8. The van der Waals surface area contributed by atoms with Gasteiger partial charge in [-0.3, -0.25) is 9.59 Å². The highest BCUT2D eigenvalue weighted by Crippen LogP contribution is 2.14. The number of hydrogen-bond donors (Lipinski definition) is 2. The van der Waals surface area contributed by atoms with Crippen LogP contribution in [0.5, 0.6) is 0 Å². The Morgan fingerprint density at radius 2 is 1.82 bits per heavy atom. The number of carbonyl (C=O) groups is 2. The van der Waals surface area contributed by atoms with Crippen molar-refractivity contribution in [2.45, 2.75) is 38.1 Å². The molecule has 0 saturated heterocycles. The van der Waals surface area contributed by atoms with E-state index in [0.29, 0.717) is 12.1 Å². The lowest BCUT2D eigenvalue weighted by Crippen LogP contribution is -2.39. The minimum Gasteiger partial charge on any atom is -0.465 e. The van der Waals surface area contributed by atoms with Crippen LogP contribution < -0.4 is 10.0 Å². The molecule has 0 saturated carbocycles. The van der Waals surface area contributed by atoms with Crippen LogP contribution in [0.3, 0.4) is 0 Å². The monoisotopic (exact) mass is 328 g/mol. The molecule has 0 bridgehead atoms. The Kier molecular flexibility index (Phi) is 6.51. The molecule has 0 aliphatic heterocycles. The first kappa shape index (κ1) is 18.1. The van der Waals surface area contributed by atoms with Crippen molar-refractivity contribution in [2.24, 2.45) is 0 Å². The van der Waals surface area contributed by atoms with Crippen molar-refractivity contribution in [3.05, 3.63) is 24.3 Å². The number of carbonyl (C=O) groups excluding carboxylic acids is 2. The summed E-state index contributed by atoms with van der Waals surface area (Å²) in [6.45, 7) is 4.87. The van der Waals surface area contributed by atoms with Gasteiger partial charge in [0.25, 0.3) is 0 Å². The first-order valence-corrected chi connectivity index (χ1v) is 8.31. The Labute approximate surface area is 130 Å². The Bertz CT molecular complexity index is 625. The van der Waals surface area contributed by atoms with Gasteiger partial charge in [-0.15, -0.1) is 0 Å². The Morgan fingerprint density at radius 1 is 1.23 bits per heavy atom. The second kappa shape index (κ2) is 7.90. The fraction of sp³-hybridized carbons (Fsp3) is 0.429. The van der Waals surface area contributed by atoms with Gasteiger partial charge in [0.15, 0.2) is 0 Å². The van der Waals surface area contributed by atoms with Crippen molar-refractivity contribution in [1.82, 2.24) is 4.72 Å². The molecule has 22 heavy (non-hydrogen) atoms. The lowest BCUT2D eigenvalue weighted by molar-refractivity contribution is -0.145. The van der Waals surface area contributed by atoms with Crippen LogP contribution in [0, 0.1) is 0 Å². The van der Waals surface area contributed by atoms with E-state index in [4.69, 9.17) is 4.74 Å². The Hall–Kier alpha value is -1.93. The summed E-state index contributed by atoms with van der Waals surface area (Å²) in [5.41, 5.74) is 0.488. The van der Waals surface area contributed by atoms with Gasteiger partial charge in [0.05, 0.1) is 11.5 Å². The number of amides is 1. The summed E-state index contributed by atoms with van der Waals surface area (Å²) < 4.78 is 31.4. The van der Waals surface area contributed by atoms with E-state index >= 15 is 0 Å². The molecule has 0 radical (unpaired) electrons. The lowest BCUT2D eigenvalue weighted by atomic mass is 10.3. The number of nitrogens with one attached hydrogen (secondary N) is 2. The minimum absolute atomic E-state index is 0.00302. The number of benzene rings is 1. The SMILES string of the molecule is CCCOC(=O)[C@H](C)NS(=O)(=O)c1ccc(NC(C)=O)cc1. The second-order valence-electron chi connectivity index (χ2n) is 4.72. The predicted octanol–water partition coefficient (Wildman–Crippen LogP) is 1.26. The summed E-state index contributed by atoms with van der Waals surface area (Å²) >= 11 is 0. The van der Waals surface area contributed by atoms with Crippen molar-refractivity contribution in [3.63, 3.8) is 0 Å². The van der Waals surface area contributed by atoms with Crippen LogP contribution in [0.25, 0.3) is 0 Å². The highest BCUT2D eigenvalue weighted by Gasteiger charge is 2.22. The largest absolute Gasteiger partial charge is 0.465 e. The van der Waals surface area contributed by atoms with Crippen molar-refractivity contribution in [1.29, 1.82) is 0 Å². The molecule has 0 aliphatic carbocycles. The molecule has 8 heteroatoms. The van der Waals surface area contributed by atoms with E-state index in [1.807, 2.05) is 6.92 Å². The topological polar surface area (TPSA) is 102 Å². The van der Waals surface area contributed by atoms with E-state index in [-0.39, 0.29) is 17.4 Å². The van der Waals surface area contributed by atoms with E-state index < -0.39 is 22.0 Å². The third kappa shape index (κ3) is 5.45. The number of anilines is 1. The van der Waals surface area contributed by atoms with Gasteiger partial charge >= 0.3 is 5.97 Å². The fourth-order valence-electron chi connectivity index (χ4n) is 1.60. The summed E-state index contributed by atoms with van der Waals surface area (Å²) in [7, 11) is -3.84. The Morgan fingerprint density at radius 3 is 2.32 bits per heavy atom. The van der Waals surface area contributed by atoms with Crippen molar-refractivity contribution in [2.75, 3.05) is 11.9 Å². The molecule has 1 amide bonds. The molecular weight excluding hydrogens is 308 g/mol. The molecular formula is C14H20N2O5S. The second-order valence-corrected chi connectivity index (χ2v) is 6.43. The highest BCUT2D eigenvalue weighted by atomic mass is 32.2. The molecule has 122 valence electrons. The summed E-state index contributed by atoms with van der Waals surface area (Å²) in [5.74, 6) is -0.874. The van der Waals surface area contributed by atoms with Gasteiger partial charge in [0, 0.05) is 12.6 Å². The first-order valence-electron chi connectivity index (χ1n) is 6.83. The van der Waals surface area contributed by atoms with E-state index in [9.17, 15) is 18.0 Å². The average Bonchev–Trinajstić information content (AvgIpc) is 2.44. The predicted molar refractivity (Wildman–Crippen MR) is 81.8 cm³/mol. The van der Waals surface area contributed by atoms with Crippen LogP contribution in [0.2, 0.25) is 0 Å². The van der Waals surface area contributed by atoms with Gasteiger partial charge < -0.3 is 10.1 Å². The number of sulfonamides is 1. The smallest absolute Gasteiger partial charge is 0.323 e. The van der Waals surface area contributed by atoms with Crippen LogP contribution in [0.4, 0.5) is 5.69 Å². The number of esters is 1. The van der Waals surface area contributed by atoms with E-state index in [1.165, 1.54) is 38.1 Å². The van der Waals surface area contributed by atoms with Gasteiger partial charge in [-0.1, -0.05) is 6.92 Å². The number of hydrogen-bond acceptors (Lipinski definition) is 5. The molecule has 2 N–H and O–H groups in total. The van der Waals surface area contributed by atoms with Gasteiger partial charge in [-0.2, -0.15) is 4.72 Å². The van der Waals surface area contributed by atoms with Crippen molar-refractivity contribution >= 4 is 27.6 Å². The van der Waals surface area contributed by atoms with Gasteiger partial charge in [0.2, 0.25) is 15.9 Å². The van der Waals surface area contributed by atoms with E-state index in [1.54, 1.807) is 0 Å². The average molecular weight is 328 g/mol. The maximum Gasteiger partial charge on any atom is 0.323 e.